The van der Waals surface area contributed by atoms with Gasteiger partial charge in [0.2, 0.25) is 5.88 Å². The van der Waals surface area contributed by atoms with E-state index >= 15 is 0 Å². The average Bonchev–Trinajstić information content (AvgIpc) is 2.95. The monoisotopic (exact) mass is 238 g/mol. The molecule has 0 bridgehead atoms. The predicted molar refractivity (Wildman–Crippen MR) is 65.7 cm³/mol. The highest BCUT2D eigenvalue weighted by Gasteiger charge is 1.99. The quantitative estimate of drug-likeness (QED) is 0.703. The van der Waals surface area contributed by atoms with Crippen LogP contribution in [0.15, 0.2) is 61.3 Å². The van der Waals surface area contributed by atoms with Crippen LogP contribution in [0.4, 0.5) is 0 Å². The number of ether oxygens (including phenoxy) is 1. The Hall–Kier alpha value is -2.69. The molecule has 2 heterocycles. The molecule has 0 saturated heterocycles. The summed E-state index contributed by atoms with van der Waals surface area (Å²) in [4.78, 5) is 8.00. The zero-order valence-corrected chi connectivity index (χ0v) is 9.47. The third-order valence-corrected chi connectivity index (χ3v) is 2.38. The molecule has 0 atom stereocenters. The molecule has 0 fully saturated rings. The van der Waals surface area contributed by atoms with Crippen LogP contribution in [-0.4, -0.2) is 19.7 Å². The molecule has 3 rings (SSSR count). The zero-order chi connectivity index (χ0) is 12.2. The van der Waals surface area contributed by atoms with E-state index in [0.29, 0.717) is 5.88 Å². The van der Waals surface area contributed by atoms with Gasteiger partial charge in [-0.25, -0.2) is 14.6 Å². The molecule has 5 nitrogen and oxygen atoms in total. The molecule has 0 aliphatic carbocycles. The maximum absolute atomic E-state index is 5.59. The second kappa shape index (κ2) is 4.67. The summed E-state index contributed by atoms with van der Waals surface area (Å²) in [6.45, 7) is 0. The van der Waals surface area contributed by atoms with Crippen molar-refractivity contribution in [3.05, 3.63) is 61.3 Å². The number of rotatable bonds is 3. The van der Waals surface area contributed by atoms with Crippen molar-refractivity contribution in [2.75, 3.05) is 0 Å². The third kappa shape index (κ3) is 2.20. The molecule has 0 unspecified atom stereocenters. The van der Waals surface area contributed by atoms with Crippen LogP contribution in [0.2, 0.25) is 0 Å². The Balaban J connectivity index is 1.80. The topological polar surface area (TPSA) is 52.8 Å². The van der Waals surface area contributed by atoms with Crippen molar-refractivity contribution in [3.8, 4) is 17.3 Å². The van der Waals surface area contributed by atoms with Gasteiger partial charge in [-0.1, -0.05) is 6.07 Å². The minimum Gasteiger partial charge on any atom is -0.439 e. The Morgan fingerprint density at radius 3 is 2.56 bits per heavy atom. The lowest BCUT2D eigenvalue weighted by Crippen LogP contribution is -1.94. The predicted octanol–water partition coefficient (Wildman–Crippen LogP) is 2.45. The lowest BCUT2D eigenvalue weighted by Gasteiger charge is -2.05. The van der Waals surface area contributed by atoms with Crippen LogP contribution in [0.5, 0.6) is 11.6 Å². The van der Waals surface area contributed by atoms with Gasteiger partial charge in [-0.3, -0.25) is 0 Å². The summed E-state index contributed by atoms with van der Waals surface area (Å²) in [6, 6.07) is 13.1. The fourth-order valence-electron chi connectivity index (χ4n) is 1.54. The van der Waals surface area contributed by atoms with Gasteiger partial charge in [0.05, 0.1) is 5.69 Å². The highest BCUT2D eigenvalue weighted by Crippen LogP contribution is 2.20. The molecule has 0 aliphatic heterocycles. The van der Waals surface area contributed by atoms with Gasteiger partial charge >= 0.3 is 0 Å². The van der Waals surface area contributed by atoms with Crippen LogP contribution >= 0.6 is 0 Å². The summed E-state index contributed by atoms with van der Waals surface area (Å²) in [6.07, 6.45) is 4.84. The molecule has 0 aliphatic rings. The highest BCUT2D eigenvalue weighted by atomic mass is 16.5. The molecule has 0 spiro atoms. The molecule has 5 heteroatoms. The number of aromatic nitrogens is 4. The van der Waals surface area contributed by atoms with E-state index in [1.807, 2.05) is 42.5 Å². The minimum absolute atomic E-state index is 0.575. The Morgan fingerprint density at radius 1 is 1.00 bits per heavy atom. The number of hydrogen-bond donors (Lipinski definition) is 0. The van der Waals surface area contributed by atoms with Crippen LogP contribution in [0.25, 0.3) is 5.69 Å². The van der Waals surface area contributed by atoms with Crippen molar-refractivity contribution in [3.63, 3.8) is 0 Å². The van der Waals surface area contributed by atoms with Crippen LogP contribution in [0, 0.1) is 0 Å². The van der Waals surface area contributed by atoms with Crippen molar-refractivity contribution in [1.82, 2.24) is 19.7 Å². The summed E-state index contributed by atoms with van der Waals surface area (Å²) in [5, 5.41) is 4.05. The lowest BCUT2D eigenvalue weighted by molar-refractivity contribution is 0.463. The summed E-state index contributed by atoms with van der Waals surface area (Å²) < 4.78 is 7.28. The van der Waals surface area contributed by atoms with Crippen molar-refractivity contribution >= 4 is 0 Å². The van der Waals surface area contributed by atoms with E-state index in [9.17, 15) is 0 Å². The molecule has 0 radical (unpaired) electrons. The van der Waals surface area contributed by atoms with E-state index in [1.165, 1.54) is 6.33 Å². The molecule has 0 amide bonds. The van der Waals surface area contributed by atoms with Gasteiger partial charge in [0.1, 0.15) is 18.4 Å². The molecule has 18 heavy (non-hydrogen) atoms. The number of pyridine rings is 1. The Morgan fingerprint density at radius 2 is 1.89 bits per heavy atom. The smallest absolute Gasteiger partial charge is 0.219 e. The highest BCUT2D eigenvalue weighted by molar-refractivity contribution is 5.37. The molecule has 0 saturated carbocycles. The van der Waals surface area contributed by atoms with E-state index in [4.69, 9.17) is 4.74 Å². The van der Waals surface area contributed by atoms with Crippen molar-refractivity contribution in [2.45, 2.75) is 0 Å². The van der Waals surface area contributed by atoms with Gasteiger partial charge in [0.25, 0.3) is 0 Å². The van der Waals surface area contributed by atoms with Crippen LogP contribution in [0.3, 0.4) is 0 Å². The number of nitrogens with zero attached hydrogens (tertiary/aromatic N) is 4. The zero-order valence-electron chi connectivity index (χ0n) is 9.47. The normalized spacial score (nSPS) is 10.2. The Labute approximate surface area is 104 Å². The Bertz CT molecular complexity index is 605. The van der Waals surface area contributed by atoms with Crippen molar-refractivity contribution in [2.24, 2.45) is 0 Å². The van der Waals surface area contributed by atoms with Gasteiger partial charge < -0.3 is 4.74 Å². The molecule has 0 N–H and O–H groups in total. The van der Waals surface area contributed by atoms with Crippen LogP contribution < -0.4 is 4.74 Å². The van der Waals surface area contributed by atoms with E-state index in [-0.39, 0.29) is 0 Å². The van der Waals surface area contributed by atoms with E-state index in [0.717, 1.165) is 11.4 Å². The van der Waals surface area contributed by atoms with Crippen LogP contribution in [0.1, 0.15) is 0 Å². The first-order valence-corrected chi connectivity index (χ1v) is 5.46. The van der Waals surface area contributed by atoms with Crippen molar-refractivity contribution in [1.29, 1.82) is 0 Å². The molecule has 1 aromatic carbocycles. The fourth-order valence-corrected chi connectivity index (χ4v) is 1.54. The SMILES string of the molecule is c1ccc(Oc2ccc(-n3cncn3)cc2)nc1. The van der Waals surface area contributed by atoms with E-state index in [2.05, 4.69) is 15.1 Å². The van der Waals surface area contributed by atoms with Gasteiger partial charge in [-0.15, -0.1) is 0 Å². The first-order chi connectivity index (χ1) is 8.92. The van der Waals surface area contributed by atoms with Gasteiger partial charge in [0, 0.05) is 12.3 Å². The minimum atomic E-state index is 0.575. The van der Waals surface area contributed by atoms with Gasteiger partial charge in [0.15, 0.2) is 0 Å². The first kappa shape index (κ1) is 10.5. The molecule has 88 valence electrons. The second-order valence-corrected chi connectivity index (χ2v) is 3.60. The third-order valence-electron chi connectivity index (χ3n) is 2.38. The van der Waals surface area contributed by atoms with Crippen LogP contribution in [-0.2, 0) is 0 Å². The average molecular weight is 238 g/mol. The fraction of sp³-hybridized carbons (Fsp3) is 0. The van der Waals surface area contributed by atoms with Crippen molar-refractivity contribution < 1.29 is 4.74 Å². The largest absolute Gasteiger partial charge is 0.439 e. The number of benzene rings is 1. The summed E-state index contributed by atoms with van der Waals surface area (Å²) in [5.41, 5.74) is 0.931. The standard InChI is InChI=1S/C13H10N4O/c1-2-8-15-13(3-1)18-12-6-4-11(5-7-12)17-10-14-9-16-17/h1-10H. The van der Waals surface area contributed by atoms with Gasteiger partial charge in [-0.2, -0.15) is 5.10 Å². The molecular weight excluding hydrogens is 228 g/mol. The second-order valence-electron chi connectivity index (χ2n) is 3.60. The Kier molecular flexibility index (Phi) is 2.71. The lowest BCUT2D eigenvalue weighted by atomic mass is 10.3. The molecular formula is C13H10N4O. The number of hydrogen-bond acceptors (Lipinski definition) is 4. The maximum atomic E-state index is 5.59. The maximum Gasteiger partial charge on any atom is 0.219 e. The summed E-state index contributed by atoms with van der Waals surface area (Å²) >= 11 is 0. The molecule has 2 aromatic heterocycles. The summed E-state index contributed by atoms with van der Waals surface area (Å²) in [5.74, 6) is 1.31. The summed E-state index contributed by atoms with van der Waals surface area (Å²) in [7, 11) is 0. The molecule has 3 aromatic rings. The van der Waals surface area contributed by atoms with E-state index in [1.54, 1.807) is 17.2 Å². The van der Waals surface area contributed by atoms with E-state index < -0.39 is 0 Å². The first-order valence-electron chi connectivity index (χ1n) is 5.46. The van der Waals surface area contributed by atoms with Gasteiger partial charge in [-0.05, 0) is 30.3 Å².